The fraction of sp³-hybridized carbons (Fsp3) is 0. The normalized spacial score (nSPS) is 10.0. The van der Waals surface area contributed by atoms with Gasteiger partial charge in [0.05, 0.1) is 0 Å². The van der Waals surface area contributed by atoms with Gasteiger partial charge in [-0.3, -0.25) is 9.59 Å². The van der Waals surface area contributed by atoms with Crippen molar-refractivity contribution in [1.82, 2.24) is 9.97 Å². The minimum Gasteiger partial charge on any atom is -0.364 e. The lowest BCUT2D eigenvalue weighted by Crippen LogP contribution is -2.19. The molecule has 5 nitrogen and oxygen atoms in total. The van der Waals surface area contributed by atoms with Gasteiger partial charge in [-0.2, -0.15) is 0 Å². The number of nitrogens with zero attached hydrogens (tertiary/aromatic N) is 1. The summed E-state index contributed by atoms with van der Waals surface area (Å²) in [7, 11) is 0. The van der Waals surface area contributed by atoms with Crippen LogP contribution in [0.5, 0.6) is 0 Å². The highest BCUT2D eigenvalue weighted by Crippen LogP contribution is 2.11. The van der Waals surface area contributed by atoms with E-state index < -0.39 is 11.5 Å². The number of carbonyl (C=O) groups excluding carboxylic acids is 1. The summed E-state index contributed by atoms with van der Waals surface area (Å²) in [6.07, 6.45) is 0. The first-order valence-electron chi connectivity index (χ1n) is 4.63. The van der Waals surface area contributed by atoms with E-state index in [1.54, 1.807) is 12.1 Å². The second kappa shape index (κ2) is 3.98. The highest BCUT2D eigenvalue weighted by atomic mass is 16.1. The molecule has 0 spiro atoms. The summed E-state index contributed by atoms with van der Waals surface area (Å²) in [5.74, 6) is -0.384. The maximum Gasteiger partial charge on any atom is 0.267 e. The Kier molecular flexibility index (Phi) is 2.51. The van der Waals surface area contributed by atoms with Crippen LogP contribution in [-0.4, -0.2) is 15.9 Å². The van der Waals surface area contributed by atoms with Crippen LogP contribution >= 0.6 is 0 Å². The van der Waals surface area contributed by atoms with Crippen molar-refractivity contribution in [3.05, 3.63) is 52.4 Å². The van der Waals surface area contributed by atoms with Crippen molar-refractivity contribution in [2.45, 2.75) is 0 Å². The van der Waals surface area contributed by atoms with E-state index in [9.17, 15) is 9.59 Å². The van der Waals surface area contributed by atoms with E-state index in [0.717, 1.165) is 11.6 Å². The molecule has 0 saturated heterocycles. The van der Waals surface area contributed by atoms with Gasteiger partial charge in [0.2, 0.25) is 0 Å². The van der Waals surface area contributed by atoms with Gasteiger partial charge in [-0.15, -0.1) is 0 Å². The Morgan fingerprint density at radius 2 is 1.94 bits per heavy atom. The van der Waals surface area contributed by atoms with Crippen LogP contribution in [0.25, 0.3) is 11.4 Å². The molecule has 0 radical (unpaired) electrons. The van der Waals surface area contributed by atoms with E-state index in [1.807, 2.05) is 18.2 Å². The van der Waals surface area contributed by atoms with Crippen molar-refractivity contribution < 1.29 is 4.79 Å². The molecule has 1 heterocycles. The molecule has 0 aliphatic carbocycles. The molecular formula is C11H9N3O2. The maximum atomic E-state index is 11.3. The average molecular weight is 215 g/mol. The van der Waals surface area contributed by atoms with E-state index in [0.29, 0.717) is 5.82 Å². The molecule has 2 aromatic rings. The molecule has 5 heteroatoms. The molecule has 1 amide bonds. The quantitative estimate of drug-likeness (QED) is 0.766. The average Bonchev–Trinajstić information content (AvgIpc) is 2.29. The van der Waals surface area contributed by atoms with Crippen LogP contribution < -0.4 is 11.3 Å². The molecule has 0 fully saturated rings. The first-order valence-corrected chi connectivity index (χ1v) is 4.63. The van der Waals surface area contributed by atoms with Gasteiger partial charge in [0.1, 0.15) is 11.5 Å². The van der Waals surface area contributed by atoms with Gasteiger partial charge in [-0.05, 0) is 0 Å². The summed E-state index contributed by atoms with van der Waals surface area (Å²) < 4.78 is 0. The lowest BCUT2D eigenvalue weighted by molar-refractivity contribution is 0.0995. The third-order valence-corrected chi connectivity index (χ3v) is 2.04. The van der Waals surface area contributed by atoms with Crippen LogP contribution in [0.1, 0.15) is 10.5 Å². The van der Waals surface area contributed by atoms with Crippen molar-refractivity contribution in [3.8, 4) is 11.4 Å². The number of rotatable bonds is 2. The van der Waals surface area contributed by atoms with Gasteiger partial charge in [-0.1, -0.05) is 30.3 Å². The molecule has 2 rings (SSSR count). The highest BCUT2D eigenvalue weighted by Gasteiger charge is 2.07. The van der Waals surface area contributed by atoms with Crippen LogP contribution in [0, 0.1) is 0 Å². The van der Waals surface area contributed by atoms with Crippen molar-refractivity contribution in [2.75, 3.05) is 0 Å². The van der Waals surface area contributed by atoms with Crippen molar-refractivity contribution in [3.63, 3.8) is 0 Å². The standard InChI is InChI=1S/C11H9N3O2/c12-10(16)8-6-9(15)14-11(13-8)7-4-2-1-3-5-7/h1-6H,(H2,12,16)(H,13,14,15). The second-order valence-corrected chi connectivity index (χ2v) is 3.21. The number of H-pyrrole nitrogens is 1. The van der Waals surface area contributed by atoms with Gasteiger partial charge in [0, 0.05) is 11.6 Å². The fourth-order valence-corrected chi connectivity index (χ4v) is 1.32. The van der Waals surface area contributed by atoms with Gasteiger partial charge in [0.15, 0.2) is 0 Å². The van der Waals surface area contributed by atoms with Crippen molar-refractivity contribution >= 4 is 5.91 Å². The van der Waals surface area contributed by atoms with Gasteiger partial charge >= 0.3 is 0 Å². The number of nitrogens with two attached hydrogens (primary N) is 1. The molecule has 0 unspecified atom stereocenters. The molecule has 1 aromatic heterocycles. The number of aromatic nitrogens is 2. The summed E-state index contributed by atoms with van der Waals surface area (Å²) in [6.45, 7) is 0. The van der Waals surface area contributed by atoms with Crippen LogP contribution in [-0.2, 0) is 0 Å². The monoisotopic (exact) mass is 215 g/mol. The number of carbonyl (C=O) groups is 1. The van der Waals surface area contributed by atoms with E-state index in [-0.39, 0.29) is 5.69 Å². The first-order chi connectivity index (χ1) is 7.66. The lowest BCUT2D eigenvalue weighted by atomic mass is 10.2. The molecule has 16 heavy (non-hydrogen) atoms. The topological polar surface area (TPSA) is 88.8 Å². The zero-order chi connectivity index (χ0) is 11.5. The largest absolute Gasteiger partial charge is 0.364 e. The molecule has 0 saturated carbocycles. The molecular weight excluding hydrogens is 206 g/mol. The van der Waals surface area contributed by atoms with E-state index >= 15 is 0 Å². The van der Waals surface area contributed by atoms with Crippen molar-refractivity contribution in [2.24, 2.45) is 5.73 Å². The summed E-state index contributed by atoms with van der Waals surface area (Å²) in [4.78, 5) is 28.7. The Bertz CT molecular complexity index is 575. The predicted octanol–water partition coefficient (Wildman–Crippen LogP) is 0.536. The number of aromatic amines is 1. The number of primary amides is 1. The second-order valence-electron chi connectivity index (χ2n) is 3.21. The van der Waals surface area contributed by atoms with E-state index in [1.165, 1.54) is 0 Å². The maximum absolute atomic E-state index is 11.3. The van der Waals surface area contributed by atoms with Crippen LogP contribution in [0.3, 0.4) is 0 Å². The molecule has 0 atom stereocenters. The molecule has 3 N–H and O–H groups in total. The Hall–Kier alpha value is -2.43. The van der Waals surface area contributed by atoms with Crippen molar-refractivity contribution in [1.29, 1.82) is 0 Å². The molecule has 0 bridgehead atoms. The van der Waals surface area contributed by atoms with Crippen LogP contribution in [0.4, 0.5) is 0 Å². The summed E-state index contributed by atoms with van der Waals surface area (Å²) in [6, 6.07) is 10.1. The lowest BCUT2D eigenvalue weighted by Gasteiger charge is -2.01. The fourth-order valence-electron chi connectivity index (χ4n) is 1.32. The van der Waals surface area contributed by atoms with Gasteiger partial charge in [0.25, 0.3) is 11.5 Å². The van der Waals surface area contributed by atoms with Gasteiger partial charge in [-0.25, -0.2) is 4.98 Å². The number of benzene rings is 1. The summed E-state index contributed by atoms with van der Waals surface area (Å²) in [5.41, 5.74) is 5.36. The summed E-state index contributed by atoms with van der Waals surface area (Å²) >= 11 is 0. The highest BCUT2D eigenvalue weighted by molar-refractivity contribution is 5.91. The predicted molar refractivity (Wildman–Crippen MR) is 58.8 cm³/mol. The first kappa shape index (κ1) is 10.1. The Labute approximate surface area is 91.0 Å². The smallest absolute Gasteiger partial charge is 0.267 e. The van der Waals surface area contributed by atoms with E-state index in [2.05, 4.69) is 9.97 Å². The summed E-state index contributed by atoms with van der Waals surface area (Å²) in [5, 5.41) is 0. The Balaban J connectivity index is 2.58. The zero-order valence-electron chi connectivity index (χ0n) is 8.31. The molecule has 0 aliphatic heterocycles. The minimum atomic E-state index is -0.719. The number of nitrogens with one attached hydrogen (secondary N) is 1. The van der Waals surface area contributed by atoms with Crippen LogP contribution in [0.15, 0.2) is 41.2 Å². The third-order valence-electron chi connectivity index (χ3n) is 2.04. The number of hydrogen-bond donors (Lipinski definition) is 2. The SMILES string of the molecule is NC(=O)c1cc(=O)[nH]c(-c2ccccc2)n1. The Morgan fingerprint density at radius 1 is 1.25 bits per heavy atom. The van der Waals surface area contributed by atoms with Crippen LogP contribution in [0.2, 0.25) is 0 Å². The molecule has 0 aliphatic rings. The van der Waals surface area contributed by atoms with Gasteiger partial charge < -0.3 is 10.7 Å². The van der Waals surface area contributed by atoms with E-state index in [4.69, 9.17) is 5.73 Å². The zero-order valence-corrected chi connectivity index (χ0v) is 8.31. The number of amides is 1. The Morgan fingerprint density at radius 3 is 2.56 bits per heavy atom. The minimum absolute atomic E-state index is 0.0393. The molecule has 1 aromatic carbocycles. The molecule has 80 valence electrons. The third kappa shape index (κ3) is 1.98. The number of hydrogen-bond acceptors (Lipinski definition) is 3.